The zero-order valence-electron chi connectivity index (χ0n) is 28.4. The number of rotatable bonds is 5. The Morgan fingerprint density at radius 2 is 0.705 bits per heavy atom. The maximum absolute atomic E-state index is 2.44. The van der Waals surface area contributed by atoms with E-state index in [-0.39, 0.29) is 0 Å². The summed E-state index contributed by atoms with van der Waals surface area (Å²) in [5.74, 6) is 0. The molecule has 0 unspecified atom stereocenters. The van der Waals surface area contributed by atoms with Gasteiger partial charge in [-0.1, -0.05) is 35.4 Å². The fourth-order valence-electron chi connectivity index (χ4n) is 8.08. The Kier molecular flexibility index (Phi) is 7.73. The maximum atomic E-state index is 2.44. The van der Waals surface area contributed by atoms with Gasteiger partial charge in [-0.2, -0.15) is 0 Å². The standard InChI is InChI=1S/C40H48N4/c1-25-15-27(3)37(28(4)16-25)41-11-13-43(23-41)39-31(7)19-35(20-32(39)8)36-21-33(9)40(34(10)22-36)44-14-12-42(24-44)38-29(5)17-26(2)18-30(38)6/h15-24H,11-14H2,1-10H3/q+2. The zero-order chi connectivity index (χ0) is 31.4. The van der Waals surface area contributed by atoms with Crippen molar-refractivity contribution in [1.82, 2.24) is 0 Å². The first-order valence-corrected chi connectivity index (χ1v) is 16.1. The summed E-state index contributed by atoms with van der Waals surface area (Å²) in [5.41, 5.74) is 21.3. The van der Waals surface area contributed by atoms with Crippen molar-refractivity contribution in [2.45, 2.75) is 69.2 Å². The fourth-order valence-corrected chi connectivity index (χ4v) is 8.08. The van der Waals surface area contributed by atoms with E-state index in [4.69, 9.17) is 0 Å². The summed E-state index contributed by atoms with van der Waals surface area (Å²) in [7, 11) is 0. The molecule has 0 amide bonds. The topological polar surface area (TPSA) is 12.5 Å². The molecule has 0 bridgehead atoms. The lowest BCUT2D eigenvalue weighted by Gasteiger charge is -2.18. The minimum atomic E-state index is 0.992. The molecule has 6 rings (SSSR count). The van der Waals surface area contributed by atoms with Gasteiger partial charge in [-0.05, 0) is 149 Å². The van der Waals surface area contributed by atoms with E-state index in [1.807, 2.05) is 0 Å². The molecule has 2 heterocycles. The Morgan fingerprint density at radius 1 is 0.409 bits per heavy atom. The van der Waals surface area contributed by atoms with Crippen LogP contribution in [0.25, 0.3) is 11.1 Å². The molecule has 4 heteroatoms. The van der Waals surface area contributed by atoms with Gasteiger partial charge in [-0.15, -0.1) is 0 Å². The van der Waals surface area contributed by atoms with E-state index in [1.165, 1.54) is 89.5 Å². The second-order valence-corrected chi connectivity index (χ2v) is 13.4. The van der Waals surface area contributed by atoms with E-state index in [9.17, 15) is 0 Å². The molecule has 4 aromatic rings. The molecule has 0 aromatic heterocycles. The number of aryl methyl sites for hydroxylation is 10. The monoisotopic (exact) mass is 584 g/mol. The van der Waals surface area contributed by atoms with E-state index < -0.39 is 0 Å². The van der Waals surface area contributed by atoms with Gasteiger partial charge < -0.3 is 0 Å². The fraction of sp³-hybridized carbons (Fsp3) is 0.350. The molecule has 4 nitrogen and oxygen atoms in total. The number of nitrogens with zero attached hydrogens (tertiary/aromatic N) is 4. The number of hydrogen-bond acceptors (Lipinski definition) is 2. The van der Waals surface area contributed by atoms with Crippen molar-refractivity contribution in [3.8, 4) is 11.1 Å². The van der Waals surface area contributed by atoms with Gasteiger partial charge in [0.05, 0.1) is 0 Å². The first kappa shape index (κ1) is 29.9. The highest BCUT2D eigenvalue weighted by molar-refractivity contribution is 5.86. The third-order valence-corrected chi connectivity index (χ3v) is 9.46. The molecule has 0 spiro atoms. The lowest BCUT2D eigenvalue weighted by Crippen LogP contribution is -2.20. The predicted molar refractivity (Wildman–Crippen MR) is 189 cm³/mol. The summed E-state index contributed by atoms with van der Waals surface area (Å²) in [4.78, 5) is 4.89. The van der Waals surface area contributed by atoms with Crippen LogP contribution in [0.3, 0.4) is 0 Å². The minimum Gasteiger partial charge on any atom is -0.229 e. The van der Waals surface area contributed by atoms with Crippen LogP contribution in [0, 0.1) is 69.2 Å². The van der Waals surface area contributed by atoms with Crippen LogP contribution < -0.4 is 9.80 Å². The van der Waals surface area contributed by atoms with E-state index in [2.05, 4.69) is 149 Å². The van der Waals surface area contributed by atoms with Crippen LogP contribution in [0.2, 0.25) is 0 Å². The molecule has 4 aromatic carbocycles. The highest BCUT2D eigenvalue weighted by Gasteiger charge is 2.29. The summed E-state index contributed by atoms with van der Waals surface area (Å²) in [6.07, 6.45) is 4.64. The highest BCUT2D eigenvalue weighted by Crippen LogP contribution is 2.37. The van der Waals surface area contributed by atoms with Crippen molar-refractivity contribution in [2.75, 3.05) is 36.0 Å². The Labute approximate surface area is 264 Å². The molecule has 0 aliphatic carbocycles. The number of anilines is 2. The molecule has 44 heavy (non-hydrogen) atoms. The van der Waals surface area contributed by atoms with E-state index in [1.54, 1.807) is 0 Å². The molecular weight excluding hydrogens is 536 g/mol. The van der Waals surface area contributed by atoms with Crippen molar-refractivity contribution in [1.29, 1.82) is 0 Å². The Morgan fingerprint density at radius 3 is 1.00 bits per heavy atom. The van der Waals surface area contributed by atoms with Crippen LogP contribution in [-0.2, 0) is 0 Å². The van der Waals surface area contributed by atoms with Crippen LogP contribution >= 0.6 is 0 Å². The summed E-state index contributed by atoms with van der Waals surface area (Å²) in [6.45, 7) is 26.3. The number of hydrogen-bond donors (Lipinski definition) is 0. The van der Waals surface area contributed by atoms with Gasteiger partial charge in [0.1, 0.15) is 48.9 Å². The SMILES string of the molecule is Cc1cc(C)c([N+]2=CN(c3c(C)cc(-c4cc(C)c(N5C=[N+](c6c(C)cc(C)cc6C)CC5)c(C)c4)cc3C)CC2)c(C)c1. The molecule has 0 saturated heterocycles. The van der Waals surface area contributed by atoms with Crippen molar-refractivity contribution >= 4 is 35.4 Å². The molecular formula is C40H48N4+2. The van der Waals surface area contributed by atoms with Gasteiger partial charge in [0.2, 0.25) is 12.7 Å². The summed E-state index contributed by atoms with van der Waals surface area (Å²) < 4.78 is 4.86. The average molecular weight is 585 g/mol. The Hall–Kier alpha value is -4.18. The van der Waals surface area contributed by atoms with Crippen molar-refractivity contribution in [3.63, 3.8) is 0 Å². The molecule has 0 radical (unpaired) electrons. The Bertz CT molecular complexity index is 1640. The van der Waals surface area contributed by atoms with Gasteiger partial charge in [-0.25, -0.2) is 19.0 Å². The molecule has 0 saturated carbocycles. The van der Waals surface area contributed by atoms with Crippen LogP contribution in [0.1, 0.15) is 55.6 Å². The quantitative estimate of drug-likeness (QED) is 0.217. The summed E-state index contributed by atoms with van der Waals surface area (Å²) in [6, 6.07) is 18.7. The van der Waals surface area contributed by atoms with Gasteiger partial charge in [0, 0.05) is 0 Å². The lowest BCUT2D eigenvalue weighted by atomic mass is 9.94. The van der Waals surface area contributed by atoms with Gasteiger partial charge in [0.25, 0.3) is 0 Å². The Balaban J connectivity index is 1.29. The van der Waals surface area contributed by atoms with E-state index in [0.29, 0.717) is 0 Å². The average Bonchev–Trinajstić information content (AvgIpc) is 3.57. The summed E-state index contributed by atoms with van der Waals surface area (Å²) in [5, 5.41) is 0. The zero-order valence-corrected chi connectivity index (χ0v) is 28.4. The second kappa shape index (κ2) is 11.4. The molecule has 2 aliphatic rings. The molecule has 2 aliphatic heterocycles. The smallest absolute Gasteiger partial charge is 0.229 e. The largest absolute Gasteiger partial charge is 0.244 e. The summed E-state index contributed by atoms with van der Waals surface area (Å²) >= 11 is 0. The first-order valence-electron chi connectivity index (χ1n) is 16.1. The van der Waals surface area contributed by atoms with Gasteiger partial charge in [-0.3, -0.25) is 0 Å². The van der Waals surface area contributed by atoms with Gasteiger partial charge in [0.15, 0.2) is 0 Å². The molecule has 226 valence electrons. The van der Waals surface area contributed by atoms with Gasteiger partial charge >= 0.3 is 0 Å². The van der Waals surface area contributed by atoms with Crippen LogP contribution in [0.5, 0.6) is 0 Å². The van der Waals surface area contributed by atoms with Crippen LogP contribution in [-0.4, -0.2) is 48.0 Å². The van der Waals surface area contributed by atoms with Crippen molar-refractivity contribution in [2.24, 2.45) is 0 Å². The lowest BCUT2D eigenvalue weighted by molar-refractivity contribution is -0.425. The van der Waals surface area contributed by atoms with Crippen LogP contribution in [0.15, 0.2) is 48.5 Å². The number of benzene rings is 4. The van der Waals surface area contributed by atoms with E-state index >= 15 is 0 Å². The first-order chi connectivity index (χ1) is 20.9. The predicted octanol–water partition coefficient (Wildman–Crippen LogP) is 8.82. The van der Waals surface area contributed by atoms with Crippen molar-refractivity contribution in [3.05, 3.63) is 104 Å². The third kappa shape index (κ3) is 5.36. The molecule has 0 fully saturated rings. The molecule has 0 atom stereocenters. The maximum Gasteiger partial charge on any atom is 0.244 e. The van der Waals surface area contributed by atoms with Crippen LogP contribution in [0.4, 0.5) is 22.7 Å². The van der Waals surface area contributed by atoms with Crippen molar-refractivity contribution < 1.29 is 9.15 Å². The normalized spacial score (nSPS) is 14.9. The highest BCUT2D eigenvalue weighted by atomic mass is 15.3. The third-order valence-electron chi connectivity index (χ3n) is 9.46. The van der Waals surface area contributed by atoms with E-state index in [0.717, 1.165) is 26.2 Å². The second-order valence-electron chi connectivity index (χ2n) is 13.4. The molecule has 0 N–H and O–H groups in total. The minimum absolute atomic E-state index is 0.992.